The van der Waals surface area contributed by atoms with Crippen LogP contribution in [0.15, 0.2) is 29.5 Å². The van der Waals surface area contributed by atoms with Crippen LogP contribution in [0.4, 0.5) is 24.8 Å². The average molecular weight is 282 g/mol. The van der Waals surface area contributed by atoms with Gasteiger partial charge in [0.05, 0.1) is 5.69 Å². The lowest BCUT2D eigenvalue weighted by Crippen LogP contribution is -2.33. The summed E-state index contributed by atoms with van der Waals surface area (Å²) < 4.78 is 59.3. The standard InChI is InChI=1S/C8H9F3N4O2S/c1-6(12-9)14(10)15(11)8-4-2-7(3-5-8)13-18(16)17/h2-5,13H,1H3,(H,16,17). The van der Waals surface area contributed by atoms with Crippen molar-refractivity contribution in [3.05, 3.63) is 24.3 Å². The molecular weight excluding hydrogens is 273 g/mol. The number of hydrazine groups is 1. The van der Waals surface area contributed by atoms with Crippen molar-refractivity contribution < 1.29 is 22.2 Å². The van der Waals surface area contributed by atoms with Crippen molar-refractivity contribution in [3.63, 3.8) is 0 Å². The summed E-state index contributed by atoms with van der Waals surface area (Å²) in [4.78, 5) is 0. The minimum absolute atomic E-state index is 0.231. The molecule has 1 atom stereocenters. The smallest absolute Gasteiger partial charge is 0.259 e. The van der Waals surface area contributed by atoms with Gasteiger partial charge < -0.3 is 0 Å². The number of amidine groups is 1. The van der Waals surface area contributed by atoms with E-state index in [9.17, 15) is 17.7 Å². The van der Waals surface area contributed by atoms with Gasteiger partial charge in [0.15, 0.2) is 5.84 Å². The van der Waals surface area contributed by atoms with Crippen LogP contribution in [0, 0.1) is 0 Å². The number of rotatable bonds is 4. The molecule has 0 radical (unpaired) electrons. The van der Waals surface area contributed by atoms with Gasteiger partial charge in [-0.3, -0.25) is 9.27 Å². The lowest BCUT2D eigenvalue weighted by atomic mass is 10.3. The topological polar surface area (TPSA) is 68.2 Å². The van der Waals surface area contributed by atoms with Gasteiger partial charge in [-0.25, -0.2) is 4.21 Å². The van der Waals surface area contributed by atoms with Crippen molar-refractivity contribution in [2.24, 2.45) is 5.21 Å². The third-order valence-corrected chi connectivity index (χ3v) is 2.24. The van der Waals surface area contributed by atoms with Gasteiger partial charge in [0.25, 0.3) is 11.3 Å². The molecule has 0 aliphatic rings. The summed E-state index contributed by atoms with van der Waals surface area (Å²) in [6, 6.07) is 4.72. The molecule has 1 unspecified atom stereocenters. The normalized spacial score (nSPS) is 13.1. The third-order valence-electron chi connectivity index (χ3n) is 1.83. The predicted molar refractivity (Wildman–Crippen MR) is 61.6 cm³/mol. The fourth-order valence-electron chi connectivity index (χ4n) is 1.01. The van der Waals surface area contributed by atoms with Crippen LogP contribution in [0.1, 0.15) is 6.92 Å². The molecule has 0 bridgehead atoms. The Bertz CT molecular complexity index is 456. The number of nitrogens with one attached hydrogen (secondary N) is 1. The molecule has 1 aromatic carbocycles. The van der Waals surface area contributed by atoms with E-state index in [-0.39, 0.29) is 11.4 Å². The first kappa shape index (κ1) is 14.3. The Morgan fingerprint density at radius 3 is 2.39 bits per heavy atom. The van der Waals surface area contributed by atoms with Crippen LogP contribution >= 0.6 is 0 Å². The van der Waals surface area contributed by atoms with Crippen molar-refractivity contribution >= 4 is 28.5 Å². The van der Waals surface area contributed by atoms with E-state index in [4.69, 9.17) is 4.55 Å². The number of hydrogen-bond acceptors (Lipinski definition) is 3. The number of hydrogen-bond donors (Lipinski definition) is 2. The van der Waals surface area contributed by atoms with Gasteiger partial charge in [-0.15, -0.1) is 0 Å². The first-order valence-electron chi connectivity index (χ1n) is 4.50. The maximum Gasteiger partial charge on any atom is 0.259 e. The van der Waals surface area contributed by atoms with Crippen LogP contribution in [0.25, 0.3) is 0 Å². The molecule has 0 spiro atoms. The lowest BCUT2D eigenvalue weighted by Gasteiger charge is -2.19. The molecule has 0 saturated heterocycles. The quantitative estimate of drug-likeness (QED) is 0.292. The number of anilines is 2. The van der Waals surface area contributed by atoms with Gasteiger partial charge >= 0.3 is 0 Å². The molecule has 0 amide bonds. The van der Waals surface area contributed by atoms with Crippen LogP contribution in [-0.4, -0.2) is 19.8 Å². The Morgan fingerprint density at radius 2 is 1.94 bits per heavy atom. The van der Waals surface area contributed by atoms with Crippen LogP contribution in [0.2, 0.25) is 0 Å². The summed E-state index contributed by atoms with van der Waals surface area (Å²) in [6.07, 6.45) is 0. The second-order valence-corrected chi connectivity index (χ2v) is 3.75. The Labute approximate surface area is 103 Å². The zero-order chi connectivity index (χ0) is 13.7. The highest BCUT2D eigenvalue weighted by Crippen LogP contribution is 2.21. The van der Waals surface area contributed by atoms with Gasteiger partial charge in [-0.2, -0.15) is 0 Å². The van der Waals surface area contributed by atoms with E-state index in [1.165, 1.54) is 12.1 Å². The number of halogens is 3. The molecule has 0 saturated carbocycles. The van der Waals surface area contributed by atoms with Crippen LogP contribution in [0.5, 0.6) is 0 Å². The molecule has 0 fully saturated rings. The van der Waals surface area contributed by atoms with E-state index in [0.29, 0.717) is 0 Å². The minimum Gasteiger partial charge on any atom is -0.289 e. The number of benzene rings is 1. The maximum atomic E-state index is 13.4. The second-order valence-electron chi connectivity index (χ2n) is 3.05. The second kappa shape index (κ2) is 6.21. The van der Waals surface area contributed by atoms with E-state index in [1.807, 2.05) is 5.21 Å². The lowest BCUT2D eigenvalue weighted by molar-refractivity contribution is 0.0358. The first-order valence-corrected chi connectivity index (χ1v) is 5.61. The van der Waals surface area contributed by atoms with E-state index < -0.39 is 27.6 Å². The first-order chi connectivity index (χ1) is 8.45. The highest BCUT2D eigenvalue weighted by Gasteiger charge is 2.17. The van der Waals surface area contributed by atoms with Gasteiger partial charge in [0, 0.05) is 12.6 Å². The average Bonchev–Trinajstić information content (AvgIpc) is 2.36. The van der Waals surface area contributed by atoms with Crippen molar-refractivity contribution in [2.45, 2.75) is 6.92 Å². The molecule has 0 aliphatic carbocycles. The van der Waals surface area contributed by atoms with E-state index in [0.717, 1.165) is 19.1 Å². The van der Waals surface area contributed by atoms with E-state index in [2.05, 4.69) is 4.72 Å². The largest absolute Gasteiger partial charge is 0.289 e. The minimum atomic E-state index is -2.26. The summed E-state index contributed by atoms with van der Waals surface area (Å²) in [7, 11) is 0. The van der Waals surface area contributed by atoms with Crippen LogP contribution in [-0.2, 0) is 11.3 Å². The molecule has 1 rings (SSSR count). The molecule has 1 aromatic rings. The molecule has 0 aliphatic heterocycles. The highest BCUT2D eigenvalue weighted by atomic mass is 32.2. The van der Waals surface area contributed by atoms with Gasteiger partial charge in [-0.05, 0) is 24.3 Å². The Balaban J connectivity index is 2.81. The molecule has 18 heavy (non-hydrogen) atoms. The Kier molecular flexibility index (Phi) is 4.92. The summed E-state index contributed by atoms with van der Waals surface area (Å²) in [5.41, 5.74) is -0.0240. The van der Waals surface area contributed by atoms with Crippen LogP contribution < -0.4 is 9.95 Å². The van der Waals surface area contributed by atoms with Gasteiger partial charge in [0.2, 0.25) is 0 Å². The molecule has 6 nitrogen and oxygen atoms in total. The third kappa shape index (κ3) is 3.60. The van der Waals surface area contributed by atoms with Crippen molar-refractivity contribution in [2.75, 3.05) is 9.95 Å². The fraction of sp³-hybridized carbons (Fsp3) is 0.125. The number of nitrogens with zero attached hydrogens (tertiary/aromatic N) is 3. The highest BCUT2D eigenvalue weighted by molar-refractivity contribution is 7.80. The van der Waals surface area contributed by atoms with E-state index >= 15 is 0 Å². The summed E-state index contributed by atoms with van der Waals surface area (Å²) in [6.45, 7) is 0.928. The maximum absolute atomic E-state index is 13.4. The molecule has 0 heterocycles. The Hall–Kier alpha value is -1.81. The summed E-state index contributed by atoms with van der Waals surface area (Å²) in [5, 5.41) is 0.886. The molecular formula is C8H9F3N4O2S. The molecule has 2 N–H and O–H groups in total. The fourth-order valence-corrected chi connectivity index (χ4v) is 1.35. The van der Waals surface area contributed by atoms with Gasteiger partial charge in [0.1, 0.15) is 0 Å². The summed E-state index contributed by atoms with van der Waals surface area (Å²) >= 11 is -2.26. The van der Waals surface area contributed by atoms with Crippen LogP contribution in [0.3, 0.4) is 0 Å². The van der Waals surface area contributed by atoms with Gasteiger partial charge in [-0.1, -0.05) is 29.1 Å². The summed E-state index contributed by atoms with van der Waals surface area (Å²) in [5.74, 6) is -0.823. The molecule has 10 heteroatoms. The van der Waals surface area contributed by atoms with E-state index in [1.54, 1.807) is 0 Å². The SMILES string of the molecule is CC(=NF)N(F)N(F)c1ccc(NS(=O)O)cc1. The monoisotopic (exact) mass is 282 g/mol. The zero-order valence-corrected chi connectivity index (χ0v) is 9.87. The zero-order valence-electron chi connectivity index (χ0n) is 9.05. The van der Waals surface area contributed by atoms with Crippen molar-refractivity contribution in [1.82, 2.24) is 5.23 Å². The van der Waals surface area contributed by atoms with Crippen molar-refractivity contribution in [3.8, 4) is 0 Å². The van der Waals surface area contributed by atoms with Crippen molar-refractivity contribution in [1.29, 1.82) is 0 Å². The predicted octanol–water partition coefficient (Wildman–Crippen LogP) is 2.33. The Morgan fingerprint density at radius 1 is 1.39 bits per heavy atom. The molecule has 0 aromatic heterocycles. The molecule has 100 valence electrons.